The molecular weight excluding hydrogens is 294 g/mol. The van der Waals surface area contributed by atoms with Crippen LogP contribution in [0.15, 0.2) is 54.9 Å². The molecule has 1 aromatic carbocycles. The van der Waals surface area contributed by atoms with Crippen LogP contribution in [0.2, 0.25) is 0 Å². The second-order valence-corrected chi connectivity index (χ2v) is 7.08. The van der Waals surface area contributed by atoms with Gasteiger partial charge in [-0.3, -0.25) is 9.88 Å². The summed E-state index contributed by atoms with van der Waals surface area (Å²) in [5.41, 5.74) is 2.75. The van der Waals surface area contributed by atoms with Crippen molar-refractivity contribution in [3.8, 4) is 0 Å². The fraction of sp³-hybridized carbons (Fsp3) is 0.476. The lowest BCUT2D eigenvalue weighted by molar-refractivity contribution is 0.157. The third kappa shape index (κ3) is 5.43. The summed E-state index contributed by atoms with van der Waals surface area (Å²) >= 11 is 0. The van der Waals surface area contributed by atoms with E-state index in [0.29, 0.717) is 0 Å². The summed E-state index contributed by atoms with van der Waals surface area (Å²) in [5.74, 6) is 0.827. The van der Waals surface area contributed by atoms with Crippen LogP contribution in [0.3, 0.4) is 0 Å². The second kappa shape index (κ2) is 8.95. The number of pyridine rings is 1. The van der Waals surface area contributed by atoms with E-state index in [1.165, 1.54) is 43.6 Å². The first kappa shape index (κ1) is 17.1. The molecule has 2 aromatic rings. The van der Waals surface area contributed by atoms with Gasteiger partial charge in [0.1, 0.15) is 0 Å². The molecule has 1 fully saturated rings. The van der Waals surface area contributed by atoms with Crippen molar-refractivity contribution in [1.82, 2.24) is 14.8 Å². The zero-order valence-corrected chi connectivity index (χ0v) is 14.8. The molecule has 0 aliphatic carbocycles. The van der Waals surface area contributed by atoms with Crippen LogP contribution in [0.1, 0.15) is 24.0 Å². The average Bonchev–Trinajstić information content (AvgIpc) is 2.63. The van der Waals surface area contributed by atoms with Crippen LogP contribution in [0.4, 0.5) is 0 Å². The third-order valence-corrected chi connectivity index (χ3v) is 5.04. The minimum Gasteiger partial charge on any atom is -0.306 e. The maximum Gasteiger partial charge on any atom is 0.0312 e. The Bertz CT molecular complexity index is 577. The quantitative estimate of drug-likeness (QED) is 0.778. The van der Waals surface area contributed by atoms with Gasteiger partial charge in [0.15, 0.2) is 0 Å². The molecule has 1 saturated heterocycles. The number of hydrogen-bond donors (Lipinski definition) is 0. The van der Waals surface area contributed by atoms with Gasteiger partial charge in [0, 0.05) is 32.0 Å². The predicted molar refractivity (Wildman–Crippen MR) is 99.9 cm³/mol. The highest BCUT2D eigenvalue weighted by molar-refractivity contribution is 5.15. The first-order valence-electron chi connectivity index (χ1n) is 9.13. The highest BCUT2D eigenvalue weighted by Gasteiger charge is 2.19. The van der Waals surface area contributed by atoms with Crippen molar-refractivity contribution in [3.05, 3.63) is 66.0 Å². The lowest BCUT2D eigenvalue weighted by Gasteiger charge is -2.33. The Morgan fingerprint density at radius 3 is 2.50 bits per heavy atom. The average molecular weight is 323 g/mol. The molecule has 1 aromatic heterocycles. The molecule has 24 heavy (non-hydrogen) atoms. The molecule has 1 aliphatic rings. The summed E-state index contributed by atoms with van der Waals surface area (Å²) in [5, 5.41) is 0. The molecule has 0 amide bonds. The van der Waals surface area contributed by atoms with Crippen LogP contribution in [-0.2, 0) is 13.0 Å². The van der Waals surface area contributed by atoms with E-state index >= 15 is 0 Å². The van der Waals surface area contributed by atoms with Gasteiger partial charge in [0.25, 0.3) is 0 Å². The van der Waals surface area contributed by atoms with Crippen molar-refractivity contribution < 1.29 is 0 Å². The lowest BCUT2D eigenvalue weighted by atomic mass is 9.96. The Kier molecular flexibility index (Phi) is 6.39. The molecule has 1 aliphatic heterocycles. The van der Waals surface area contributed by atoms with Gasteiger partial charge in [-0.2, -0.15) is 0 Å². The van der Waals surface area contributed by atoms with E-state index in [-0.39, 0.29) is 0 Å². The van der Waals surface area contributed by atoms with Crippen LogP contribution >= 0.6 is 0 Å². The summed E-state index contributed by atoms with van der Waals surface area (Å²) in [4.78, 5) is 9.35. The minimum atomic E-state index is 0.827. The number of benzene rings is 1. The molecule has 0 saturated carbocycles. The molecular formula is C21H29N3. The van der Waals surface area contributed by atoms with Gasteiger partial charge in [0.2, 0.25) is 0 Å². The van der Waals surface area contributed by atoms with Crippen LogP contribution in [-0.4, -0.2) is 48.0 Å². The Hall–Kier alpha value is -1.71. The van der Waals surface area contributed by atoms with Crippen molar-refractivity contribution in [1.29, 1.82) is 0 Å². The van der Waals surface area contributed by atoms with E-state index < -0.39 is 0 Å². The monoisotopic (exact) mass is 323 g/mol. The number of nitrogens with zero attached hydrogens (tertiary/aromatic N) is 3. The molecule has 3 heteroatoms. The molecule has 2 heterocycles. The third-order valence-electron chi connectivity index (χ3n) is 5.04. The van der Waals surface area contributed by atoms with Gasteiger partial charge >= 0.3 is 0 Å². The number of piperidine rings is 1. The van der Waals surface area contributed by atoms with Gasteiger partial charge in [-0.15, -0.1) is 0 Å². The van der Waals surface area contributed by atoms with Gasteiger partial charge < -0.3 is 4.90 Å². The Morgan fingerprint density at radius 1 is 1.04 bits per heavy atom. The maximum atomic E-state index is 4.28. The van der Waals surface area contributed by atoms with Crippen molar-refractivity contribution in [2.75, 3.05) is 33.2 Å². The van der Waals surface area contributed by atoms with Crippen molar-refractivity contribution in [3.63, 3.8) is 0 Å². The maximum absolute atomic E-state index is 4.28. The van der Waals surface area contributed by atoms with E-state index in [9.17, 15) is 0 Å². The molecule has 0 atom stereocenters. The van der Waals surface area contributed by atoms with Crippen LogP contribution in [0.5, 0.6) is 0 Å². The molecule has 128 valence electrons. The van der Waals surface area contributed by atoms with E-state index in [1.54, 1.807) is 0 Å². The number of likely N-dealkylation sites (tertiary alicyclic amines) is 1. The molecule has 0 bridgehead atoms. The van der Waals surface area contributed by atoms with Gasteiger partial charge in [-0.05, 0) is 62.5 Å². The van der Waals surface area contributed by atoms with Gasteiger partial charge in [-0.25, -0.2) is 0 Å². The number of rotatable bonds is 7. The lowest BCUT2D eigenvalue weighted by Crippen LogP contribution is -2.37. The highest BCUT2D eigenvalue weighted by Crippen LogP contribution is 2.19. The Labute approximate surface area is 146 Å². The van der Waals surface area contributed by atoms with E-state index in [2.05, 4.69) is 58.2 Å². The van der Waals surface area contributed by atoms with Crippen molar-refractivity contribution in [2.24, 2.45) is 5.92 Å². The summed E-state index contributed by atoms with van der Waals surface area (Å²) in [6, 6.07) is 15.1. The molecule has 3 nitrogen and oxygen atoms in total. The normalized spacial score (nSPS) is 16.6. The summed E-state index contributed by atoms with van der Waals surface area (Å²) in [7, 11) is 2.24. The predicted octanol–water partition coefficient (Wildman–Crippen LogP) is 3.47. The van der Waals surface area contributed by atoms with E-state index in [4.69, 9.17) is 0 Å². The van der Waals surface area contributed by atoms with Crippen LogP contribution in [0, 0.1) is 5.92 Å². The highest BCUT2D eigenvalue weighted by atomic mass is 15.1. The van der Waals surface area contributed by atoms with Crippen molar-refractivity contribution >= 4 is 0 Å². The number of aromatic nitrogens is 1. The van der Waals surface area contributed by atoms with E-state index in [0.717, 1.165) is 25.4 Å². The smallest absolute Gasteiger partial charge is 0.0312 e. The fourth-order valence-corrected chi connectivity index (χ4v) is 3.53. The minimum absolute atomic E-state index is 0.827. The molecule has 0 unspecified atom stereocenters. The Morgan fingerprint density at radius 2 is 1.79 bits per heavy atom. The standard InChI is InChI=1S/C21H29N3/c1-23-13-9-20(10-14-23)17-24(18-21-8-5-12-22-16-21)15-11-19-6-3-2-4-7-19/h2-8,12,16,20H,9-11,13-15,17-18H2,1H3. The SMILES string of the molecule is CN1CCC(CN(CCc2ccccc2)Cc2cccnc2)CC1. The number of hydrogen-bond acceptors (Lipinski definition) is 3. The van der Waals surface area contributed by atoms with Gasteiger partial charge in [-0.1, -0.05) is 36.4 Å². The van der Waals surface area contributed by atoms with Gasteiger partial charge in [0.05, 0.1) is 0 Å². The topological polar surface area (TPSA) is 19.4 Å². The fourth-order valence-electron chi connectivity index (χ4n) is 3.53. The molecule has 3 rings (SSSR count). The Balaban J connectivity index is 1.59. The van der Waals surface area contributed by atoms with Crippen LogP contribution < -0.4 is 0 Å². The first-order valence-corrected chi connectivity index (χ1v) is 9.13. The second-order valence-electron chi connectivity index (χ2n) is 7.08. The molecule has 0 N–H and O–H groups in total. The summed E-state index contributed by atoms with van der Waals surface area (Å²) in [6.07, 6.45) is 7.63. The summed E-state index contributed by atoms with van der Waals surface area (Å²) in [6.45, 7) is 5.81. The first-order chi connectivity index (χ1) is 11.8. The van der Waals surface area contributed by atoms with Crippen LogP contribution in [0.25, 0.3) is 0 Å². The molecule has 0 radical (unpaired) electrons. The zero-order valence-electron chi connectivity index (χ0n) is 14.8. The zero-order chi connectivity index (χ0) is 16.6. The van der Waals surface area contributed by atoms with Crippen molar-refractivity contribution in [2.45, 2.75) is 25.8 Å². The van der Waals surface area contributed by atoms with E-state index in [1.807, 2.05) is 18.5 Å². The largest absolute Gasteiger partial charge is 0.306 e. The molecule has 0 spiro atoms. The summed E-state index contributed by atoms with van der Waals surface area (Å²) < 4.78 is 0.